The summed E-state index contributed by atoms with van der Waals surface area (Å²) < 4.78 is 0. The van der Waals surface area contributed by atoms with E-state index in [0.717, 1.165) is 17.9 Å². The Morgan fingerprint density at radius 3 is 2.95 bits per heavy atom. The van der Waals surface area contributed by atoms with Crippen molar-refractivity contribution in [1.82, 2.24) is 5.32 Å². The summed E-state index contributed by atoms with van der Waals surface area (Å²) in [5.74, 6) is 2.49. The van der Waals surface area contributed by atoms with Gasteiger partial charge in [0.1, 0.15) is 5.02 Å². The predicted molar refractivity (Wildman–Crippen MR) is 75.9 cm³/mol. The number of amides is 1. The molecular weight excluding hydrogens is 288 g/mol. The molecule has 1 amide bonds. The van der Waals surface area contributed by atoms with Crippen LogP contribution in [0.3, 0.4) is 0 Å². The maximum Gasteiger partial charge on any atom is 0.287 e. The summed E-state index contributed by atoms with van der Waals surface area (Å²) in [4.78, 5) is 21.9. The van der Waals surface area contributed by atoms with Gasteiger partial charge in [0.15, 0.2) is 0 Å². The Labute approximate surface area is 119 Å². The van der Waals surface area contributed by atoms with Crippen LogP contribution in [0.1, 0.15) is 16.8 Å². The van der Waals surface area contributed by atoms with E-state index in [4.69, 9.17) is 11.6 Å². The summed E-state index contributed by atoms with van der Waals surface area (Å²) in [6.45, 7) is 0.639. The molecule has 1 unspecified atom stereocenters. The molecule has 5 nitrogen and oxygen atoms in total. The van der Waals surface area contributed by atoms with Crippen LogP contribution in [0.5, 0.6) is 0 Å². The number of carbonyl (C=O) groups is 1. The Balaban J connectivity index is 1.98. The van der Waals surface area contributed by atoms with E-state index < -0.39 is 4.92 Å². The normalized spacial score (nSPS) is 18.3. The van der Waals surface area contributed by atoms with E-state index in [-0.39, 0.29) is 16.6 Å². The molecule has 1 aromatic rings. The second-order valence-electron chi connectivity index (χ2n) is 4.36. The van der Waals surface area contributed by atoms with E-state index in [0.29, 0.717) is 18.0 Å². The van der Waals surface area contributed by atoms with Crippen LogP contribution in [0.2, 0.25) is 5.02 Å². The molecule has 1 heterocycles. The number of nitro groups is 1. The molecule has 19 heavy (non-hydrogen) atoms. The molecule has 0 spiro atoms. The van der Waals surface area contributed by atoms with E-state index in [1.54, 1.807) is 0 Å². The monoisotopic (exact) mass is 300 g/mol. The summed E-state index contributed by atoms with van der Waals surface area (Å²) in [6, 6.07) is 4.00. The highest BCUT2D eigenvalue weighted by Crippen LogP contribution is 2.25. The second-order valence-corrected chi connectivity index (χ2v) is 5.92. The van der Waals surface area contributed by atoms with E-state index >= 15 is 0 Å². The molecule has 0 saturated carbocycles. The lowest BCUT2D eigenvalue weighted by Crippen LogP contribution is -2.29. The topological polar surface area (TPSA) is 72.2 Å². The fourth-order valence-electron chi connectivity index (χ4n) is 1.88. The number of nitrogens with zero attached hydrogens (tertiary/aromatic N) is 1. The smallest absolute Gasteiger partial charge is 0.287 e. The molecule has 1 fully saturated rings. The van der Waals surface area contributed by atoms with Crippen LogP contribution in [0, 0.1) is 16.0 Å². The maximum absolute atomic E-state index is 11.9. The molecule has 1 N–H and O–H groups in total. The average Bonchev–Trinajstić information content (AvgIpc) is 2.88. The van der Waals surface area contributed by atoms with Crippen molar-refractivity contribution >= 4 is 35.0 Å². The quantitative estimate of drug-likeness (QED) is 0.685. The van der Waals surface area contributed by atoms with Gasteiger partial charge in [0.25, 0.3) is 11.6 Å². The summed E-state index contributed by atoms with van der Waals surface area (Å²) >= 11 is 7.66. The number of thioether (sulfide) groups is 1. The SMILES string of the molecule is O=C(NCC1CCSC1)c1ccc([N+](=O)[O-])c(Cl)c1. The molecule has 102 valence electrons. The largest absolute Gasteiger partial charge is 0.352 e. The lowest BCUT2D eigenvalue weighted by atomic mass is 10.1. The highest BCUT2D eigenvalue weighted by atomic mass is 35.5. The number of hydrogen-bond donors (Lipinski definition) is 1. The van der Waals surface area contributed by atoms with Crippen molar-refractivity contribution in [1.29, 1.82) is 0 Å². The zero-order chi connectivity index (χ0) is 13.8. The number of rotatable bonds is 4. The van der Waals surface area contributed by atoms with Crippen molar-refractivity contribution in [2.75, 3.05) is 18.1 Å². The third-order valence-corrected chi connectivity index (χ3v) is 4.52. The van der Waals surface area contributed by atoms with Gasteiger partial charge in [-0.15, -0.1) is 0 Å². The maximum atomic E-state index is 11.9. The first-order valence-corrected chi connectivity index (χ1v) is 7.41. The third-order valence-electron chi connectivity index (χ3n) is 2.98. The van der Waals surface area contributed by atoms with Gasteiger partial charge in [0, 0.05) is 18.2 Å². The second kappa shape index (κ2) is 6.25. The van der Waals surface area contributed by atoms with Crippen LogP contribution in [-0.2, 0) is 0 Å². The molecule has 1 aliphatic rings. The van der Waals surface area contributed by atoms with Gasteiger partial charge in [-0.1, -0.05) is 11.6 Å². The van der Waals surface area contributed by atoms with Crippen LogP contribution >= 0.6 is 23.4 Å². The zero-order valence-corrected chi connectivity index (χ0v) is 11.7. The molecule has 0 aliphatic carbocycles. The van der Waals surface area contributed by atoms with Crippen molar-refractivity contribution in [2.24, 2.45) is 5.92 Å². The Morgan fingerprint density at radius 1 is 1.58 bits per heavy atom. The predicted octanol–water partition coefficient (Wildman–Crippen LogP) is 2.73. The van der Waals surface area contributed by atoms with Crippen LogP contribution < -0.4 is 5.32 Å². The summed E-state index contributed by atoms with van der Waals surface area (Å²) in [6.07, 6.45) is 1.12. The number of nitrogens with one attached hydrogen (secondary N) is 1. The minimum Gasteiger partial charge on any atom is -0.352 e. The molecule has 7 heteroatoms. The number of benzene rings is 1. The lowest BCUT2D eigenvalue weighted by Gasteiger charge is -2.10. The number of halogens is 1. The summed E-state index contributed by atoms with van der Waals surface area (Å²) in [5.41, 5.74) is 0.159. The zero-order valence-electron chi connectivity index (χ0n) is 10.1. The van der Waals surface area contributed by atoms with E-state index in [9.17, 15) is 14.9 Å². The molecule has 0 radical (unpaired) electrons. The van der Waals surface area contributed by atoms with E-state index in [1.807, 2.05) is 11.8 Å². The van der Waals surface area contributed by atoms with Crippen molar-refractivity contribution in [2.45, 2.75) is 6.42 Å². The van der Waals surface area contributed by atoms with Crippen molar-refractivity contribution in [3.05, 3.63) is 38.9 Å². The van der Waals surface area contributed by atoms with Gasteiger partial charge in [-0.25, -0.2) is 0 Å². The van der Waals surface area contributed by atoms with Crippen LogP contribution in [0.25, 0.3) is 0 Å². The number of nitro benzene ring substituents is 1. The first kappa shape index (κ1) is 14.1. The highest BCUT2D eigenvalue weighted by molar-refractivity contribution is 7.99. The fraction of sp³-hybridized carbons (Fsp3) is 0.417. The molecule has 2 rings (SSSR count). The summed E-state index contributed by atoms with van der Waals surface area (Å²) in [7, 11) is 0. The van der Waals surface area contributed by atoms with Gasteiger partial charge in [-0.2, -0.15) is 11.8 Å². The first-order valence-electron chi connectivity index (χ1n) is 5.88. The van der Waals surface area contributed by atoms with E-state index in [2.05, 4.69) is 5.32 Å². The third kappa shape index (κ3) is 3.61. The Kier molecular flexibility index (Phi) is 4.66. The minimum absolute atomic E-state index is 0.0194. The van der Waals surface area contributed by atoms with Gasteiger partial charge in [0.05, 0.1) is 4.92 Å². The fourth-order valence-corrected chi connectivity index (χ4v) is 3.41. The molecular formula is C12H13ClN2O3S. The van der Waals surface area contributed by atoms with Gasteiger partial charge in [-0.3, -0.25) is 14.9 Å². The van der Waals surface area contributed by atoms with Gasteiger partial charge >= 0.3 is 0 Å². The summed E-state index contributed by atoms with van der Waals surface area (Å²) in [5, 5.41) is 13.4. The van der Waals surface area contributed by atoms with Crippen LogP contribution in [-0.4, -0.2) is 28.9 Å². The van der Waals surface area contributed by atoms with Gasteiger partial charge < -0.3 is 5.32 Å². The molecule has 1 aliphatic heterocycles. The van der Waals surface area contributed by atoms with Crippen molar-refractivity contribution in [3.63, 3.8) is 0 Å². The van der Waals surface area contributed by atoms with E-state index in [1.165, 1.54) is 18.2 Å². The average molecular weight is 301 g/mol. The Hall–Kier alpha value is -1.27. The molecule has 1 saturated heterocycles. The molecule has 0 bridgehead atoms. The molecule has 0 aromatic heterocycles. The van der Waals surface area contributed by atoms with Gasteiger partial charge in [-0.05, 0) is 36.0 Å². The number of carbonyl (C=O) groups excluding carboxylic acids is 1. The van der Waals surface area contributed by atoms with Crippen molar-refractivity contribution in [3.8, 4) is 0 Å². The Morgan fingerprint density at radius 2 is 2.37 bits per heavy atom. The van der Waals surface area contributed by atoms with Crippen molar-refractivity contribution < 1.29 is 9.72 Å². The molecule has 1 aromatic carbocycles. The lowest BCUT2D eigenvalue weighted by molar-refractivity contribution is -0.384. The Bertz CT molecular complexity index is 504. The highest BCUT2D eigenvalue weighted by Gasteiger charge is 2.18. The molecule has 1 atom stereocenters. The van der Waals surface area contributed by atoms with Crippen LogP contribution in [0.15, 0.2) is 18.2 Å². The van der Waals surface area contributed by atoms with Crippen LogP contribution in [0.4, 0.5) is 5.69 Å². The number of hydrogen-bond acceptors (Lipinski definition) is 4. The first-order chi connectivity index (χ1) is 9.08. The standard InChI is InChI=1S/C12H13ClN2O3S/c13-10-5-9(1-2-11(10)15(17)18)12(16)14-6-8-3-4-19-7-8/h1-2,5,8H,3-4,6-7H2,(H,14,16). The van der Waals surface area contributed by atoms with Gasteiger partial charge in [0.2, 0.25) is 0 Å². The minimum atomic E-state index is -0.570.